The SMILES string of the molecule is O=C(Nc1ccc(F)cc1)NC1CS(=O)(=O)CC1Cl. The Bertz CT molecular complexity index is 576. The highest BCUT2D eigenvalue weighted by atomic mass is 35.5. The number of alkyl halides is 1. The molecule has 104 valence electrons. The van der Waals surface area contributed by atoms with Gasteiger partial charge in [-0.1, -0.05) is 0 Å². The molecule has 2 N–H and O–H groups in total. The monoisotopic (exact) mass is 306 g/mol. The Morgan fingerprint density at radius 1 is 1.26 bits per heavy atom. The van der Waals surface area contributed by atoms with E-state index in [1.165, 1.54) is 24.3 Å². The van der Waals surface area contributed by atoms with Gasteiger partial charge in [-0.15, -0.1) is 11.6 Å². The predicted octanol–water partition coefficient (Wildman–Crippen LogP) is 1.35. The van der Waals surface area contributed by atoms with Crippen molar-refractivity contribution >= 4 is 33.2 Å². The van der Waals surface area contributed by atoms with Crippen molar-refractivity contribution in [3.05, 3.63) is 30.1 Å². The topological polar surface area (TPSA) is 75.3 Å². The smallest absolute Gasteiger partial charge is 0.319 e. The normalized spacial score (nSPS) is 24.9. The van der Waals surface area contributed by atoms with Crippen LogP contribution < -0.4 is 10.6 Å². The summed E-state index contributed by atoms with van der Waals surface area (Å²) in [5, 5.41) is 4.33. The largest absolute Gasteiger partial charge is 0.333 e. The molecule has 0 spiro atoms. The summed E-state index contributed by atoms with van der Waals surface area (Å²) >= 11 is 5.86. The molecule has 5 nitrogen and oxygen atoms in total. The summed E-state index contributed by atoms with van der Waals surface area (Å²) in [5.74, 6) is -0.720. The molecule has 2 atom stereocenters. The molecule has 0 radical (unpaired) electrons. The molecule has 1 saturated heterocycles. The quantitative estimate of drug-likeness (QED) is 0.810. The Labute approximate surface area is 115 Å². The highest BCUT2D eigenvalue weighted by Crippen LogP contribution is 2.18. The standard InChI is InChI=1S/C11H12ClFN2O3S/c12-9-5-19(17,18)6-10(9)15-11(16)14-8-3-1-7(13)2-4-8/h1-4,9-10H,5-6H2,(H2,14,15,16). The van der Waals surface area contributed by atoms with Crippen LogP contribution in [0.1, 0.15) is 0 Å². The minimum absolute atomic E-state index is 0.143. The molecule has 19 heavy (non-hydrogen) atoms. The molecule has 1 aliphatic heterocycles. The van der Waals surface area contributed by atoms with Crippen LogP contribution in [0.5, 0.6) is 0 Å². The van der Waals surface area contributed by atoms with Gasteiger partial charge in [0.05, 0.1) is 22.9 Å². The number of hydrogen-bond acceptors (Lipinski definition) is 3. The summed E-state index contributed by atoms with van der Waals surface area (Å²) in [6, 6.07) is 4.03. The maximum Gasteiger partial charge on any atom is 0.319 e. The van der Waals surface area contributed by atoms with Gasteiger partial charge in [0.15, 0.2) is 9.84 Å². The molecular formula is C11H12ClFN2O3S. The molecule has 0 bridgehead atoms. The minimum atomic E-state index is -3.19. The number of hydrogen-bond donors (Lipinski definition) is 2. The van der Waals surface area contributed by atoms with Crippen LogP contribution in [0.2, 0.25) is 0 Å². The third-order valence-corrected chi connectivity index (χ3v) is 5.08. The van der Waals surface area contributed by atoms with Crippen molar-refractivity contribution in [3.8, 4) is 0 Å². The van der Waals surface area contributed by atoms with Gasteiger partial charge >= 0.3 is 6.03 Å². The summed E-state index contributed by atoms with van der Waals surface area (Å²) in [6.07, 6.45) is 0. The maximum atomic E-state index is 12.7. The minimum Gasteiger partial charge on any atom is -0.333 e. The number of anilines is 1. The second-order valence-electron chi connectivity index (χ2n) is 4.30. The Morgan fingerprint density at radius 3 is 2.42 bits per heavy atom. The van der Waals surface area contributed by atoms with Crippen molar-refractivity contribution in [3.63, 3.8) is 0 Å². The highest BCUT2D eigenvalue weighted by Gasteiger charge is 2.37. The lowest BCUT2D eigenvalue weighted by Crippen LogP contribution is -2.42. The fourth-order valence-electron chi connectivity index (χ4n) is 1.81. The van der Waals surface area contributed by atoms with Crippen LogP contribution in [0, 0.1) is 5.82 Å². The van der Waals surface area contributed by atoms with E-state index in [1.54, 1.807) is 0 Å². The summed E-state index contributed by atoms with van der Waals surface area (Å²) in [7, 11) is -3.19. The van der Waals surface area contributed by atoms with Gasteiger partial charge in [-0.2, -0.15) is 0 Å². The Morgan fingerprint density at radius 2 is 1.89 bits per heavy atom. The van der Waals surface area contributed by atoms with Gasteiger partial charge in [-0.05, 0) is 24.3 Å². The van der Waals surface area contributed by atoms with E-state index in [9.17, 15) is 17.6 Å². The van der Waals surface area contributed by atoms with E-state index in [0.717, 1.165) is 0 Å². The lowest BCUT2D eigenvalue weighted by atomic mass is 10.2. The molecule has 1 fully saturated rings. The van der Waals surface area contributed by atoms with Crippen molar-refractivity contribution in [2.45, 2.75) is 11.4 Å². The van der Waals surface area contributed by atoms with Crippen molar-refractivity contribution in [2.24, 2.45) is 0 Å². The molecule has 0 aromatic heterocycles. The number of carbonyl (C=O) groups excluding carboxylic acids is 1. The number of benzene rings is 1. The summed E-state index contributed by atoms with van der Waals surface area (Å²) in [6.45, 7) is 0. The zero-order chi connectivity index (χ0) is 14.0. The predicted molar refractivity (Wildman–Crippen MR) is 70.6 cm³/mol. The molecule has 2 amide bonds. The van der Waals surface area contributed by atoms with E-state index in [4.69, 9.17) is 11.6 Å². The van der Waals surface area contributed by atoms with Gasteiger partial charge in [-0.3, -0.25) is 0 Å². The van der Waals surface area contributed by atoms with Crippen LogP contribution in [-0.4, -0.2) is 37.4 Å². The molecule has 2 rings (SSSR count). The molecule has 1 aliphatic rings. The summed E-state index contributed by atoms with van der Waals surface area (Å²) < 4.78 is 35.3. The number of rotatable bonds is 2. The third kappa shape index (κ3) is 3.81. The first kappa shape index (κ1) is 14.1. The van der Waals surface area contributed by atoms with Crippen molar-refractivity contribution in [1.29, 1.82) is 0 Å². The average Bonchev–Trinajstić information content (AvgIpc) is 2.55. The molecule has 2 unspecified atom stereocenters. The summed E-state index contributed by atoms with van der Waals surface area (Å²) in [4.78, 5) is 11.6. The summed E-state index contributed by atoms with van der Waals surface area (Å²) in [5.41, 5.74) is 0.408. The Hall–Kier alpha value is -1.34. The average molecular weight is 307 g/mol. The number of nitrogens with one attached hydrogen (secondary N) is 2. The number of halogens is 2. The second kappa shape index (κ2) is 5.34. The molecule has 1 heterocycles. The van der Waals surface area contributed by atoms with E-state index in [0.29, 0.717) is 5.69 Å². The first-order valence-corrected chi connectivity index (χ1v) is 7.79. The fourth-order valence-corrected chi connectivity index (χ4v) is 4.36. The van der Waals surface area contributed by atoms with E-state index < -0.39 is 33.1 Å². The first-order chi connectivity index (χ1) is 8.85. The molecule has 0 saturated carbocycles. The molecule has 8 heteroatoms. The number of urea groups is 1. The number of carbonyl (C=O) groups is 1. The van der Waals surface area contributed by atoms with Crippen LogP contribution in [0.3, 0.4) is 0 Å². The van der Waals surface area contributed by atoms with Crippen molar-refractivity contribution < 1.29 is 17.6 Å². The maximum absolute atomic E-state index is 12.7. The van der Waals surface area contributed by atoms with Gasteiger partial charge < -0.3 is 10.6 Å². The van der Waals surface area contributed by atoms with Crippen molar-refractivity contribution in [1.82, 2.24) is 5.32 Å². The van der Waals surface area contributed by atoms with E-state index in [2.05, 4.69) is 10.6 Å². The van der Waals surface area contributed by atoms with Crippen LogP contribution in [0.15, 0.2) is 24.3 Å². The zero-order valence-electron chi connectivity index (χ0n) is 9.77. The fraction of sp³-hybridized carbons (Fsp3) is 0.364. The first-order valence-electron chi connectivity index (χ1n) is 5.53. The van der Waals surface area contributed by atoms with Gasteiger partial charge in [-0.25, -0.2) is 17.6 Å². The Kier molecular flexibility index (Phi) is 3.96. The van der Waals surface area contributed by atoms with Gasteiger partial charge in [0.25, 0.3) is 0 Å². The molecule has 1 aromatic rings. The van der Waals surface area contributed by atoms with E-state index in [-0.39, 0.29) is 11.5 Å². The van der Waals surface area contributed by atoms with Crippen LogP contribution >= 0.6 is 11.6 Å². The number of amides is 2. The van der Waals surface area contributed by atoms with Gasteiger partial charge in [0.1, 0.15) is 5.82 Å². The zero-order valence-corrected chi connectivity index (χ0v) is 11.3. The van der Waals surface area contributed by atoms with E-state index in [1.807, 2.05) is 0 Å². The van der Waals surface area contributed by atoms with Gasteiger partial charge in [0.2, 0.25) is 0 Å². The second-order valence-corrected chi connectivity index (χ2v) is 7.02. The molecule has 0 aliphatic carbocycles. The lowest BCUT2D eigenvalue weighted by Gasteiger charge is -2.15. The third-order valence-electron chi connectivity index (χ3n) is 2.70. The van der Waals surface area contributed by atoms with Crippen LogP contribution in [-0.2, 0) is 9.84 Å². The Balaban J connectivity index is 1.93. The van der Waals surface area contributed by atoms with Crippen molar-refractivity contribution in [2.75, 3.05) is 16.8 Å². The molecule has 1 aromatic carbocycles. The number of sulfone groups is 1. The van der Waals surface area contributed by atoms with E-state index >= 15 is 0 Å². The molecular weight excluding hydrogens is 295 g/mol. The highest BCUT2D eigenvalue weighted by molar-refractivity contribution is 7.91. The van der Waals surface area contributed by atoms with Gasteiger partial charge in [0, 0.05) is 5.69 Å². The van der Waals surface area contributed by atoms with Crippen LogP contribution in [0.25, 0.3) is 0 Å². The van der Waals surface area contributed by atoms with Crippen LogP contribution in [0.4, 0.5) is 14.9 Å². The lowest BCUT2D eigenvalue weighted by molar-refractivity contribution is 0.249.